The van der Waals surface area contributed by atoms with Crippen molar-refractivity contribution in [2.45, 2.75) is 6.04 Å². The van der Waals surface area contributed by atoms with E-state index >= 15 is 0 Å². The highest BCUT2D eigenvalue weighted by Gasteiger charge is 2.26. The Hall–Kier alpha value is -2.35. The highest BCUT2D eigenvalue weighted by molar-refractivity contribution is 5.96. The zero-order valence-electron chi connectivity index (χ0n) is 9.93. The third-order valence-electron chi connectivity index (χ3n) is 3.07. The Labute approximate surface area is 108 Å². The topological polar surface area (TPSA) is 106 Å². The summed E-state index contributed by atoms with van der Waals surface area (Å²) < 4.78 is 5.17. The first-order valence-corrected chi connectivity index (χ1v) is 5.86. The van der Waals surface area contributed by atoms with E-state index in [1.54, 1.807) is 6.07 Å². The molecule has 2 aliphatic heterocycles. The zero-order valence-corrected chi connectivity index (χ0v) is 9.93. The van der Waals surface area contributed by atoms with Gasteiger partial charge in [-0.25, -0.2) is 0 Å². The summed E-state index contributed by atoms with van der Waals surface area (Å²) in [7, 11) is 0. The van der Waals surface area contributed by atoms with E-state index in [-0.39, 0.29) is 24.2 Å². The second kappa shape index (κ2) is 4.39. The molecule has 0 bridgehead atoms. The van der Waals surface area contributed by atoms with Gasteiger partial charge in [0.1, 0.15) is 5.69 Å². The summed E-state index contributed by atoms with van der Waals surface area (Å²) in [4.78, 5) is 21.8. The molecule has 3 rings (SSSR count). The van der Waals surface area contributed by atoms with E-state index in [1.807, 2.05) is 0 Å². The van der Waals surface area contributed by atoms with Crippen molar-refractivity contribution in [2.75, 3.05) is 30.3 Å². The molecular formula is C11H12N4O4. The molecular weight excluding hydrogens is 252 g/mol. The molecule has 2 heterocycles. The van der Waals surface area contributed by atoms with Crippen LogP contribution in [0.15, 0.2) is 12.1 Å². The maximum Gasteiger partial charge on any atom is 0.296 e. The third-order valence-corrected chi connectivity index (χ3v) is 3.07. The number of fused-ring (bicyclic) bond motifs is 1. The number of rotatable bonds is 3. The number of nitrogens with one attached hydrogen (secondary N) is 3. The smallest absolute Gasteiger partial charge is 0.296 e. The standard InChI is InChI=1S/C11H12N4O4/c16-11-5-19-10-2-9(15(17)18)7(1-8(10)14-11)13-6-3-12-4-6/h1-2,6,12-13H,3-5H2,(H,14,16). The van der Waals surface area contributed by atoms with Crippen LogP contribution in [-0.4, -0.2) is 36.6 Å². The lowest BCUT2D eigenvalue weighted by atomic mass is 10.1. The molecule has 1 aromatic rings. The number of carbonyl (C=O) groups excluding carboxylic acids is 1. The molecule has 1 fully saturated rings. The Morgan fingerprint density at radius 3 is 2.84 bits per heavy atom. The molecule has 0 saturated carbocycles. The van der Waals surface area contributed by atoms with Crippen molar-refractivity contribution in [3.63, 3.8) is 0 Å². The molecule has 0 radical (unpaired) electrons. The molecule has 0 spiro atoms. The monoisotopic (exact) mass is 264 g/mol. The molecule has 0 atom stereocenters. The van der Waals surface area contributed by atoms with Crippen molar-refractivity contribution >= 4 is 23.0 Å². The van der Waals surface area contributed by atoms with Crippen LogP contribution in [0.25, 0.3) is 0 Å². The Morgan fingerprint density at radius 2 is 2.21 bits per heavy atom. The number of nitrogens with zero attached hydrogens (tertiary/aromatic N) is 1. The Morgan fingerprint density at radius 1 is 1.42 bits per heavy atom. The van der Waals surface area contributed by atoms with Crippen LogP contribution in [-0.2, 0) is 4.79 Å². The van der Waals surface area contributed by atoms with E-state index in [1.165, 1.54) is 6.07 Å². The van der Waals surface area contributed by atoms with Gasteiger partial charge in [0, 0.05) is 13.1 Å². The number of carbonyl (C=O) groups is 1. The lowest BCUT2D eigenvalue weighted by Crippen LogP contribution is -2.51. The van der Waals surface area contributed by atoms with Crippen molar-refractivity contribution in [3.8, 4) is 5.75 Å². The quantitative estimate of drug-likeness (QED) is 0.536. The van der Waals surface area contributed by atoms with Crippen molar-refractivity contribution < 1.29 is 14.5 Å². The number of nitro benzene ring substituents is 1. The fourth-order valence-corrected chi connectivity index (χ4v) is 1.99. The zero-order chi connectivity index (χ0) is 13.4. The minimum absolute atomic E-state index is 0.0539. The molecule has 100 valence electrons. The van der Waals surface area contributed by atoms with Crippen LogP contribution in [0.3, 0.4) is 0 Å². The first-order valence-electron chi connectivity index (χ1n) is 5.86. The van der Waals surface area contributed by atoms with Crippen LogP contribution in [0.2, 0.25) is 0 Å². The molecule has 1 amide bonds. The van der Waals surface area contributed by atoms with E-state index in [0.717, 1.165) is 13.1 Å². The van der Waals surface area contributed by atoms with Crippen molar-refractivity contribution in [2.24, 2.45) is 0 Å². The van der Waals surface area contributed by atoms with E-state index in [4.69, 9.17) is 4.74 Å². The summed E-state index contributed by atoms with van der Waals surface area (Å²) in [5.41, 5.74) is 0.791. The summed E-state index contributed by atoms with van der Waals surface area (Å²) >= 11 is 0. The summed E-state index contributed by atoms with van der Waals surface area (Å²) in [5.74, 6) is 0.0567. The lowest BCUT2D eigenvalue weighted by Gasteiger charge is -2.29. The molecule has 1 aromatic carbocycles. The van der Waals surface area contributed by atoms with E-state index in [2.05, 4.69) is 16.0 Å². The van der Waals surface area contributed by atoms with Crippen molar-refractivity contribution in [1.82, 2.24) is 5.32 Å². The molecule has 0 aromatic heterocycles. The lowest BCUT2D eigenvalue weighted by molar-refractivity contribution is -0.384. The van der Waals surface area contributed by atoms with Gasteiger partial charge in [-0.1, -0.05) is 0 Å². The summed E-state index contributed by atoms with van der Waals surface area (Å²) in [6, 6.07) is 3.04. The Bertz CT molecular complexity index is 556. The fraction of sp³-hybridized carbons (Fsp3) is 0.364. The van der Waals surface area contributed by atoms with Gasteiger partial charge in [-0.2, -0.15) is 0 Å². The Balaban J connectivity index is 1.97. The first kappa shape index (κ1) is 11.7. The number of benzene rings is 1. The van der Waals surface area contributed by atoms with Gasteiger partial charge in [-0.05, 0) is 6.07 Å². The van der Waals surface area contributed by atoms with Crippen LogP contribution in [0.4, 0.5) is 17.1 Å². The van der Waals surface area contributed by atoms with Gasteiger partial charge in [0.05, 0.1) is 22.7 Å². The predicted octanol–water partition coefficient (Wildman–Crippen LogP) is 0.309. The molecule has 3 N–H and O–H groups in total. The number of hydrogen-bond acceptors (Lipinski definition) is 6. The number of ether oxygens (including phenoxy) is 1. The summed E-state index contributed by atoms with van der Waals surface area (Å²) in [5, 5.41) is 19.9. The second-order valence-corrected chi connectivity index (χ2v) is 4.46. The maximum atomic E-state index is 11.2. The molecule has 0 aliphatic carbocycles. The fourth-order valence-electron chi connectivity index (χ4n) is 1.99. The summed E-state index contributed by atoms with van der Waals surface area (Å²) in [6.45, 7) is 1.40. The molecule has 8 nitrogen and oxygen atoms in total. The normalized spacial score (nSPS) is 17.8. The van der Waals surface area contributed by atoms with E-state index in [9.17, 15) is 14.9 Å². The first-order chi connectivity index (χ1) is 9.13. The number of amides is 1. The molecule has 1 saturated heterocycles. The third kappa shape index (κ3) is 2.17. The van der Waals surface area contributed by atoms with Crippen LogP contribution in [0, 0.1) is 10.1 Å². The number of nitro groups is 1. The van der Waals surface area contributed by atoms with E-state index < -0.39 is 4.92 Å². The number of anilines is 2. The maximum absolute atomic E-state index is 11.2. The van der Waals surface area contributed by atoms with Crippen molar-refractivity contribution in [1.29, 1.82) is 0 Å². The molecule has 19 heavy (non-hydrogen) atoms. The SMILES string of the molecule is O=C1COc2cc([N+](=O)[O-])c(NC3CNC3)cc2N1. The minimum atomic E-state index is -0.464. The molecule has 0 unspecified atom stereocenters. The highest BCUT2D eigenvalue weighted by atomic mass is 16.6. The van der Waals surface area contributed by atoms with Gasteiger partial charge >= 0.3 is 0 Å². The highest BCUT2D eigenvalue weighted by Crippen LogP contribution is 2.38. The van der Waals surface area contributed by atoms with Crippen LogP contribution < -0.4 is 20.7 Å². The average Bonchev–Trinajstić information content (AvgIpc) is 2.32. The van der Waals surface area contributed by atoms with Crippen LogP contribution in [0.5, 0.6) is 5.75 Å². The van der Waals surface area contributed by atoms with Gasteiger partial charge in [-0.3, -0.25) is 14.9 Å². The second-order valence-electron chi connectivity index (χ2n) is 4.46. The van der Waals surface area contributed by atoms with Crippen LogP contribution >= 0.6 is 0 Å². The van der Waals surface area contributed by atoms with Crippen LogP contribution in [0.1, 0.15) is 0 Å². The predicted molar refractivity (Wildman–Crippen MR) is 67.5 cm³/mol. The molecule has 8 heteroatoms. The van der Waals surface area contributed by atoms with Gasteiger partial charge in [-0.15, -0.1) is 0 Å². The van der Waals surface area contributed by atoms with Gasteiger partial charge in [0.2, 0.25) is 0 Å². The largest absolute Gasteiger partial charge is 0.481 e. The molecule has 2 aliphatic rings. The van der Waals surface area contributed by atoms with E-state index in [0.29, 0.717) is 17.1 Å². The number of hydrogen-bond donors (Lipinski definition) is 3. The average molecular weight is 264 g/mol. The Kier molecular flexibility index (Phi) is 2.71. The van der Waals surface area contributed by atoms with Gasteiger partial charge in [0.15, 0.2) is 12.4 Å². The summed E-state index contributed by atoms with van der Waals surface area (Å²) in [6.07, 6.45) is 0. The van der Waals surface area contributed by atoms with Gasteiger partial charge < -0.3 is 20.7 Å². The van der Waals surface area contributed by atoms with Crippen molar-refractivity contribution in [3.05, 3.63) is 22.2 Å². The van der Waals surface area contributed by atoms with Gasteiger partial charge in [0.25, 0.3) is 11.6 Å². The minimum Gasteiger partial charge on any atom is -0.481 e.